The second-order valence-corrected chi connectivity index (χ2v) is 6.89. The molecular formula is C21H21N5O2. The number of carbonyl (C=O) groups excluding carboxylic acids is 1. The monoisotopic (exact) mass is 375 g/mol. The van der Waals surface area contributed by atoms with Crippen LogP contribution in [-0.4, -0.2) is 25.7 Å². The average Bonchev–Trinajstić information content (AvgIpc) is 3.20. The Morgan fingerprint density at radius 1 is 1.04 bits per heavy atom. The maximum atomic E-state index is 12.3. The van der Waals surface area contributed by atoms with Crippen molar-refractivity contribution in [2.24, 2.45) is 0 Å². The van der Waals surface area contributed by atoms with Gasteiger partial charge in [0.05, 0.1) is 22.4 Å². The molecule has 0 unspecified atom stereocenters. The molecule has 0 spiro atoms. The molecule has 0 bridgehead atoms. The number of fused-ring (bicyclic) bond motifs is 1. The number of benzene rings is 2. The van der Waals surface area contributed by atoms with Crippen LogP contribution in [0.3, 0.4) is 0 Å². The van der Waals surface area contributed by atoms with Crippen molar-refractivity contribution in [2.75, 3.05) is 5.32 Å². The highest BCUT2D eigenvalue weighted by Gasteiger charge is 2.07. The van der Waals surface area contributed by atoms with Crippen LogP contribution in [0.5, 0.6) is 0 Å². The van der Waals surface area contributed by atoms with Gasteiger partial charge in [0, 0.05) is 17.8 Å². The van der Waals surface area contributed by atoms with Crippen molar-refractivity contribution in [2.45, 2.75) is 26.7 Å². The van der Waals surface area contributed by atoms with Crippen LogP contribution < -0.4 is 11.0 Å². The van der Waals surface area contributed by atoms with Crippen molar-refractivity contribution in [1.29, 1.82) is 0 Å². The van der Waals surface area contributed by atoms with Gasteiger partial charge in [0.15, 0.2) is 0 Å². The number of imidazole rings is 1. The van der Waals surface area contributed by atoms with Gasteiger partial charge in [0.2, 0.25) is 5.91 Å². The van der Waals surface area contributed by atoms with E-state index in [1.54, 1.807) is 18.2 Å². The first-order valence-corrected chi connectivity index (χ1v) is 9.12. The Balaban J connectivity index is 1.37. The maximum Gasteiger partial charge on any atom is 0.323 e. The number of rotatable bonds is 5. The summed E-state index contributed by atoms with van der Waals surface area (Å²) < 4.78 is 1.91. The van der Waals surface area contributed by atoms with Crippen LogP contribution in [0.25, 0.3) is 16.7 Å². The fourth-order valence-corrected chi connectivity index (χ4v) is 3.29. The molecule has 0 aliphatic carbocycles. The Morgan fingerprint density at radius 3 is 2.50 bits per heavy atom. The number of hydrogen-bond donors (Lipinski definition) is 3. The van der Waals surface area contributed by atoms with E-state index in [9.17, 15) is 9.59 Å². The number of hydrogen-bond acceptors (Lipinski definition) is 3. The number of H-pyrrole nitrogens is 2. The first-order valence-electron chi connectivity index (χ1n) is 9.12. The molecule has 0 aliphatic rings. The second-order valence-electron chi connectivity index (χ2n) is 6.89. The molecule has 28 heavy (non-hydrogen) atoms. The van der Waals surface area contributed by atoms with Crippen LogP contribution in [0.15, 0.2) is 53.3 Å². The molecule has 0 fully saturated rings. The number of aromatic nitrogens is 4. The van der Waals surface area contributed by atoms with Gasteiger partial charge in [-0.1, -0.05) is 12.1 Å². The van der Waals surface area contributed by atoms with Crippen LogP contribution in [0.2, 0.25) is 0 Å². The summed E-state index contributed by atoms with van der Waals surface area (Å²) in [6.07, 6.45) is 1.02. The number of aromatic amines is 2. The first kappa shape index (κ1) is 17.8. The lowest BCUT2D eigenvalue weighted by molar-refractivity contribution is -0.116. The number of anilines is 1. The molecule has 4 rings (SSSR count). The topological polar surface area (TPSA) is 95.6 Å². The van der Waals surface area contributed by atoms with E-state index >= 15 is 0 Å². The SMILES string of the molecule is Cc1cc(C)n(-c2ccc(CCC(=O)Nc3ccc4[nH]c(=O)[nH]c4c3)cc2)n1. The summed E-state index contributed by atoms with van der Waals surface area (Å²) in [4.78, 5) is 28.9. The van der Waals surface area contributed by atoms with Gasteiger partial charge < -0.3 is 15.3 Å². The summed E-state index contributed by atoms with van der Waals surface area (Å²) >= 11 is 0. The molecule has 0 atom stereocenters. The Labute approximate surface area is 161 Å². The van der Waals surface area contributed by atoms with Crippen molar-refractivity contribution in [3.63, 3.8) is 0 Å². The van der Waals surface area contributed by atoms with Gasteiger partial charge >= 0.3 is 5.69 Å². The van der Waals surface area contributed by atoms with Gasteiger partial charge in [0.1, 0.15) is 0 Å². The normalized spacial score (nSPS) is 11.1. The van der Waals surface area contributed by atoms with Crippen molar-refractivity contribution >= 4 is 22.6 Å². The number of nitrogens with zero attached hydrogens (tertiary/aromatic N) is 2. The number of nitrogens with one attached hydrogen (secondary N) is 3. The largest absolute Gasteiger partial charge is 0.326 e. The fourth-order valence-electron chi connectivity index (χ4n) is 3.29. The lowest BCUT2D eigenvalue weighted by atomic mass is 10.1. The molecule has 0 radical (unpaired) electrons. The van der Waals surface area contributed by atoms with E-state index in [0.29, 0.717) is 29.6 Å². The third-order valence-electron chi connectivity index (χ3n) is 4.63. The van der Waals surface area contributed by atoms with Crippen LogP contribution in [0.4, 0.5) is 5.69 Å². The van der Waals surface area contributed by atoms with Crippen molar-refractivity contribution in [3.8, 4) is 5.69 Å². The van der Waals surface area contributed by atoms with E-state index in [4.69, 9.17) is 0 Å². The summed E-state index contributed by atoms with van der Waals surface area (Å²) in [5, 5.41) is 7.35. The molecule has 7 nitrogen and oxygen atoms in total. The average molecular weight is 375 g/mol. The highest BCUT2D eigenvalue weighted by atomic mass is 16.1. The highest BCUT2D eigenvalue weighted by molar-refractivity contribution is 5.93. The third kappa shape index (κ3) is 3.73. The Bertz CT molecular complexity index is 1200. The van der Waals surface area contributed by atoms with Crippen molar-refractivity contribution in [1.82, 2.24) is 19.7 Å². The number of carbonyl (C=O) groups is 1. The highest BCUT2D eigenvalue weighted by Crippen LogP contribution is 2.16. The molecule has 2 aromatic carbocycles. The standard InChI is InChI=1S/C21H21N5O2/c1-13-11-14(2)26(25-13)17-7-3-15(4-8-17)5-10-20(27)22-16-6-9-18-19(12-16)24-21(28)23-18/h3-4,6-9,11-12H,5,10H2,1-2H3,(H,22,27)(H2,23,24,28). The lowest BCUT2D eigenvalue weighted by Crippen LogP contribution is -2.12. The van der Waals surface area contributed by atoms with E-state index in [0.717, 1.165) is 22.6 Å². The van der Waals surface area contributed by atoms with E-state index in [1.807, 2.05) is 48.9 Å². The first-order chi connectivity index (χ1) is 13.5. The zero-order valence-corrected chi connectivity index (χ0v) is 15.7. The third-order valence-corrected chi connectivity index (χ3v) is 4.63. The minimum absolute atomic E-state index is 0.0696. The van der Waals surface area contributed by atoms with E-state index in [-0.39, 0.29) is 11.6 Å². The lowest BCUT2D eigenvalue weighted by Gasteiger charge is -2.07. The predicted octanol–water partition coefficient (Wildman–Crippen LogP) is 3.23. The van der Waals surface area contributed by atoms with Crippen LogP contribution in [0, 0.1) is 13.8 Å². The second kappa shape index (κ2) is 7.19. The Morgan fingerprint density at radius 2 is 1.79 bits per heavy atom. The Kier molecular flexibility index (Phi) is 4.57. The smallest absolute Gasteiger partial charge is 0.323 e. The van der Waals surface area contributed by atoms with Crippen LogP contribution >= 0.6 is 0 Å². The van der Waals surface area contributed by atoms with Gasteiger partial charge in [-0.05, 0) is 62.2 Å². The quantitative estimate of drug-likeness (QED) is 0.500. The number of aryl methyl sites for hydroxylation is 3. The molecule has 0 saturated carbocycles. The van der Waals surface area contributed by atoms with Gasteiger partial charge in [-0.3, -0.25) is 4.79 Å². The minimum Gasteiger partial charge on any atom is -0.326 e. The van der Waals surface area contributed by atoms with Gasteiger partial charge in [-0.2, -0.15) is 5.10 Å². The molecule has 0 saturated heterocycles. The molecule has 0 aliphatic heterocycles. The van der Waals surface area contributed by atoms with Crippen LogP contribution in [0.1, 0.15) is 23.4 Å². The summed E-state index contributed by atoms with van der Waals surface area (Å²) in [6.45, 7) is 4.00. The van der Waals surface area contributed by atoms with Crippen molar-refractivity contribution in [3.05, 3.63) is 76.0 Å². The molecule has 4 aromatic rings. The minimum atomic E-state index is -0.262. The van der Waals surface area contributed by atoms with E-state index in [1.165, 1.54) is 0 Å². The zero-order valence-electron chi connectivity index (χ0n) is 15.7. The van der Waals surface area contributed by atoms with Crippen molar-refractivity contribution < 1.29 is 4.79 Å². The summed E-state index contributed by atoms with van der Waals surface area (Å²) in [5.74, 6) is -0.0696. The van der Waals surface area contributed by atoms with Gasteiger partial charge in [0.25, 0.3) is 0 Å². The summed E-state index contributed by atoms with van der Waals surface area (Å²) in [5.41, 5.74) is 5.95. The molecular weight excluding hydrogens is 354 g/mol. The zero-order chi connectivity index (χ0) is 19.7. The molecule has 3 N–H and O–H groups in total. The Hall–Kier alpha value is -3.61. The summed E-state index contributed by atoms with van der Waals surface area (Å²) in [7, 11) is 0. The van der Waals surface area contributed by atoms with E-state index in [2.05, 4.69) is 20.4 Å². The molecule has 2 heterocycles. The molecule has 142 valence electrons. The fraction of sp³-hybridized carbons (Fsp3) is 0.190. The predicted molar refractivity (Wildman–Crippen MR) is 109 cm³/mol. The van der Waals surface area contributed by atoms with Gasteiger partial charge in [-0.25, -0.2) is 9.48 Å². The molecule has 2 aromatic heterocycles. The molecule has 7 heteroatoms. The maximum absolute atomic E-state index is 12.3. The van der Waals surface area contributed by atoms with Crippen LogP contribution in [-0.2, 0) is 11.2 Å². The van der Waals surface area contributed by atoms with E-state index < -0.39 is 0 Å². The van der Waals surface area contributed by atoms with Gasteiger partial charge in [-0.15, -0.1) is 0 Å². The molecule has 1 amide bonds. The number of amides is 1. The summed E-state index contributed by atoms with van der Waals surface area (Å²) in [6, 6.07) is 15.4.